The molecule has 2 aromatic heterocycles. The molecule has 0 saturated carbocycles. The van der Waals surface area contributed by atoms with E-state index in [1.54, 1.807) is 17.5 Å². The molecule has 6 heteroatoms. The average Bonchev–Trinajstić information content (AvgIpc) is 2.99. The SMILES string of the molecule is Cc1nc(Nc2nccs2)cc(C2CCCN(C(C)C)C2)n1. The molecule has 2 aromatic rings. The van der Waals surface area contributed by atoms with Crippen LogP contribution in [0.3, 0.4) is 0 Å². The molecule has 5 nitrogen and oxygen atoms in total. The Morgan fingerprint density at radius 1 is 1.36 bits per heavy atom. The van der Waals surface area contributed by atoms with Crippen LogP contribution in [0.25, 0.3) is 0 Å². The molecule has 0 spiro atoms. The monoisotopic (exact) mass is 317 g/mol. The summed E-state index contributed by atoms with van der Waals surface area (Å²) in [7, 11) is 0. The summed E-state index contributed by atoms with van der Waals surface area (Å²) in [5.74, 6) is 2.16. The molecule has 0 aromatic carbocycles. The zero-order valence-electron chi connectivity index (χ0n) is 13.4. The molecule has 1 aliphatic heterocycles. The molecule has 1 fully saturated rings. The zero-order chi connectivity index (χ0) is 15.5. The summed E-state index contributed by atoms with van der Waals surface area (Å²) in [6, 6.07) is 2.68. The Labute approximate surface area is 135 Å². The molecule has 1 N–H and O–H groups in total. The van der Waals surface area contributed by atoms with Gasteiger partial charge in [0.05, 0.1) is 5.69 Å². The lowest BCUT2D eigenvalue weighted by atomic mass is 9.93. The number of likely N-dealkylation sites (tertiary alicyclic amines) is 1. The summed E-state index contributed by atoms with van der Waals surface area (Å²) in [6.45, 7) is 8.78. The van der Waals surface area contributed by atoms with E-state index in [2.05, 4.69) is 45.1 Å². The fraction of sp³-hybridized carbons (Fsp3) is 0.562. The van der Waals surface area contributed by atoms with Crippen molar-refractivity contribution in [3.8, 4) is 0 Å². The molecule has 118 valence electrons. The van der Waals surface area contributed by atoms with Gasteiger partial charge in [-0.1, -0.05) is 0 Å². The molecule has 0 radical (unpaired) electrons. The van der Waals surface area contributed by atoms with Crippen LogP contribution >= 0.6 is 11.3 Å². The van der Waals surface area contributed by atoms with Gasteiger partial charge in [0.25, 0.3) is 0 Å². The standard InChI is InChI=1S/C16H23N5S/c1-11(2)21-7-4-5-13(10-21)14-9-15(19-12(3)18-14)20-16-17-6-8-22-16/h6,8-9,11,13H,4-5,7,10H2,1-3H3,(H,17,18,19,20). The largest absolute Gasteiger partial charge is 0.316 e. The molecular weight excluding hydrogens is 294 g/mol. The Kier molecular flexibility index (Phi) is 4.69. The summed E-state index contributed by atoms with van der Waals surface area (Å²) < 4.78 is 0. The van der Waals surface area contributed by atoms with Gasteiger partial charge in [-0.2, -0.15) is 0 Å². The Morgan fingerprint density at radius 3 is 2.95 bits per heavy atom. The summed E-state index contributed by atoms with van der Waals surface area (Å²) >= 11 is 1.58. The van der Waals surface area contributed by atoms with Crippen molar-refractivity contribution in [1.29, 1.82) is 0 Å². The van der Waals surface area contributed by atoms with E-state index in [0.717, 1.165) is 29.0 Å². The van der Waals surface area contributed by atoms with E-state index in [4.69, 9.17) is 0 Å². The number of nitrogens with zero attached hydrogens (tertiary/aromatic N) is 4. The van der Waals surface area contributed by atoms with Crippen LogP contribution in [0.1, 0.15) is 44.1 Å². The van der Waals surface area contributed by atoms with Crippen molar-refractivity contribution in [3.63, 3.8) is 0 Å². The highest BCUT2D eigenvalue weighted by atomic mass is 32.1. The minimum Gasteiger partial charge on any atom is -0.316 e. The lowest BCUT2D eigenvalue weighted by Crippen LogP contribution is -2.39. The number of hydrogen-bond donors (Lipinski definition) is 1. The molecule has 3 rings (SSSR count). The summed E-state index contributed by atoms with van der Waals surface area (Å²) in [4.78, 5) is 16.0. The van der Waals surface area contributed by atoms with Crippen molar-refractivity contribution >= 4 is 22.3 Å². The van der Waals surface area contributed by atoms with Crippen molar-refractivity contribution in [2.45, 2.75) is 45.6 Å². The van der Waals surface area contributed by atoms with Gasteiger partial charge < -0.3 is 10.2 Å². The number of thiazole rings is 1. The molecule has 1 saturated heterocycles. The molecule has 1 unspecified atom stereocenters. The predicted octanol–water partition coefficient (Wildman–Crippen LogP) is 3.57. The second-order valence-corrected chi connectivity index (χ2v) is 7.01. The van der Waals surface area contributed by atoms with Crippen LogP contribution in [0, 0.1) is 6.92 Å². The van der Waals surface area contributed by atoms with Crippen LogP contribution in [-0.4, -0.2) is 39.0 Å². The highest BCUT2D eigenvalue weighted by Gasteiger charge is 2.24. The topological polar surface area (TPSA) is 53.9 Å². The van der Waals surface area contributed by atoms with Gasteiger partial charge in [-0.3, -0.25) is 0 Å². The van der Waals surface area contributed by atoms with E-state index < -0.39 is 0 Å². The van der Waals surface area contributed by atoms with Crippen molar-refractivity contribution in [1.82, 2.24) is 19.9 Å². The highest BCUT2D eigenvalue weighted by Crippen LogP contribution is 2.28. The number of anilines is 2. The number of aryl methyl sites for hydroxylation is 1. The number of nitrogens with one attached hydrogen (secondary N) is 1. The van der Waals surface area contributed by atoms with Gasteiger partial charge in [0, 0.05) is 36.1 Å². The molecule has 1 aliphatic rings. The van der Waals surface area contributed by atoms with E-state index >= 15 is 0 Å². The number of piperidine rings is 1. The van der Waals surface area contributed by atoms with Gasteiger partial charge in [0.15, 0.2) is 5.13 Å². The third kappa shape index (κ3) is 3.62. The molecule has 22 heavy (non-hydrogen) atoms. The Bertz CT molecular complexity index is 611. The molecule has 3 heterocycles. The van der Waals surface area contributed by atoms with Crippen molar-refractivity contribution < 1.29 is 0 Å². The number of aromatic nitrogens is 3. The van der Waals surface area contributed by atoms with Crippen LogP contribution in [-0.2, 0) is 0 Å². The van der Waals surface area contributed by atoms with Crippen molar-refractivity contribution in [2.75, 3.05) is 18.4 Å². The number of rotatable bonds is 4. The second kappa shape index (κ2) is 6.71. The fourth-order valence-electron chi connectivity index (χ4n) is 2.98. The van der Waals surface area contributed by atoms with Crippen molar-refractivity contribution in [2.24, 2.45) is 0 Å². The van der Waals surface area contributed by atoms with E-state index in [1.807, 2.05) is 12.3 Å². The molecule has 0 bridgehead atoms. The van der Waals surface area contributed by atoms with Gasteiger partial charge in [0.1, 0.15) is 11.6 Å². The zero-order valence-corrected chi connectivity index (χ0v) is 14.2. The smallest absolute Gasteiger partial charge is 0.188 e. The quantitative estimate of drug-likeness (QED) is 0.934. The van der Waals surface area contributed by atoms with Crippen LogP contribution in [0.4, 0.5) is 10.9 Å². The van der Waals surface area contributed by atoms with E-state index in [0.29, 0.717) is 12.0 Å². The number of hydrogen-bond acceptors (Lipinski definition) is 6. The lowest BCUT2D eigenvalue weighted by Gasteiger charge is -2.35. The van der Waals surface area contributed by atoms with Crippen LogP contribution in [0.2, 0.25) is 0 Å². The normalized spacial score (nSPS) is 19.5. The first-order valence-electron chi connectivity index (χ1n) is 7.88. The maximum absolute atomic E-state index is 4.69. The van der Waals surface area contributed by atoms with Crippen LogP contribution in [0.5, 0.6) is 0 Å². The predicted molar refractivity (Wildman–Crippen MR) is 90.8 cm³/mol. The van der Waals surface area contributed by atoms with Gasteiger partial charge in [-0.25, -0.2) is 15.0 Å². The Hall–Kier alpha value is -1.53. The van der Waals surface area contributed by atoms with E-state index in [-0.39, 0.29) is 0 Å². The van der Waals surface area contributed by atoms with Crippen LogP contribution in [0.15, 0.2) is 17.6 Å². The maximum Gasteiger partial charge on any atom is 0.188 e. The van der Waals surface area contributed by atoms with Gasteiger partial charge >= 0.3 is 0 Å². The molecular formula is C16H23N5S. The van der Waals surface area contributed by atoms with E-state index in [1.165, 1.54) is 19.4 Å². The first-order chi connectivity index (χ1) is 10.6. The first kappa shape index (κ1) is 15.4. The van der Waals surface area contributed by atoms with Crippen molar-refractivity contribution in [3.05, 3.63) is 29.2 Å². The summed E-state index contributed by atoms with van der Waals surface area (Å²) in [6.07, 6.45) is 4.24. The average molecular weight is 317 g/mol. The first-order valence-corrected chi connectivity index (χ1v) is 8.76. The highest BCUT2D eigenvalue weighted by molar-refractivity contribution is 7.13. The van der Waals surface area contributed by atoms with Crippen LogP contribution < -0.4 is 5.32 Å². The minimum absolute atomic E-state index is 0.495. The summed E-state index contributed by atoms with van der Waals surface area (Å²) in [5.41, 5.74) is 1.15. The summed E-state index contributed by atoms with van der Waals surface area (Å²) in [5, 5.41) is 6.11. The molecule has 0 amide bonds. The Morgan fingerprint density at radius 2 is 2.23 bits per heavy atom. The molecule has 0 aliphatic carbocycles. The van der Waals surface area contributed by atoms with E-state index in [9.17, 15) is 0 Å². The second-order valence-electron chi connectivity index (χ2n) is 6.12. The van der Waals surface area contributed by atoms with Gasteiger partial charge in [0.2, 0.25) is 0 Å². The minimum atomic E-state index is 0.495. The van der Waals surface area contributed by atoms with Gasteiger partial charge in [-0.15, -0.1) is 11.3 Å². The Balaban J connectivity index is 1.79. The lowest BCUT2D eigenvalue weighted by molar-refractivity contribution is 0.166. The maximum atomic E-state index is 4.69. The third-order valence-corrected chi connectivity index (χ3v) is 4.81. The molecule has 1 atom stereocenters. The van der Waals surface area contributed by atoms with Gasteiger partial charge in [-0.05, 0) is 40.2 Å². The third-order valence-electron chi connectivity index (χ3n) is 4.13. The fourth-order valence-corrected chi connectivity index (χ4v) is 3.51.